The van der Waals surface area contributed by atoms with Crippen LogP contribution in [-0.2, 0) is 4.79 Å². The van der Waals surface area contributed by atoms with E-state index in [4.69, 9.17) is 9.47 Å². The molecule has 33 heavy (non-hydrogen) atoms. The van der Waals surface area contributed by atoms with E-state index >= 15 is 0 Å². The number of nitrogens with zero attached hydrogens (tertiary/aromatic N) is 1. The smallest absolute Gasteiger partial charge is 0.363 e. The third kappa shape index (κ3) is 4.23. The summed E-state index contributed by atoms with van der Waals surface area (Å²) in [6.07, 6.45) is 7.67. The third-order valence-corrected chi connectivity index (χ3v) is 6.60. The van der Waals surface area contributed by atoms with Crippen LogP contribution >= 0.6 is 0 Å². The van der Waals surface area contributed by atoms with E-state index in [0.29, 0.717) is 18.8 Å². The highest BCUT2D eigenvalue weighted by atomic mass is 16.5. The number of likely N-dealkylation sites (N-methyl/N-ethyl adjacent to an activating group) is 1. The molecule has 6 nitrogen and oxygen atoms in total. The van der Waals surface area contributed by atoms with Gasteiger partial charge in [0.2, 0.25) is 0 Å². The monoisotopic (exact) mass is 449 g/mol. The van der Waals surface area contributed by atoms with Crippen molar-refractivity contribution in [2.24, 2.45) is 0 Å². The molecule has 2 N–H and O–H groups in total. The lowest BCUT2D eigenvalue weighted by atomic mass is 10.0. The molecule has 6 heteroatoms. The molecule has 174 valence electrons. The summed E-state index contributed by atoms with van der Waals surface area (Å²) < 4.78 is 12.5. The van der Waals surface area contributed by atoms with Gasteiger partial charge in [0, 0.05) is 18.6 Å². The summed E-state index contributed by atoms with van der Waals surface area (Å²) in [5.41, 5.74) is 4.14. The topological polar surface area (TPSA) is 67.8 Å². The zero-order valence-corrected chi connectivity index (χ0v) is 19.8. The van der Waals surface area contributed by atoms with Crippen LogP contribution in [0.15, 0.2) is 60.5 Å². The van der Waals surface area contributed by atoms with Crippen LogP contribution in [0.4, 0.5) is 11.4 Å². The quantitative estimate of drug-likeness (QED) is 0.492. The van der Waals surface area contributed by atoms with Crippen molar-refractivity contribution in [1.29, 1.82) is 0 Å². The van der Waals surface area contributed by atoms with E-state index in [9.17, 15) is 9.90 Å². The molecule has 0 fully saturated rings. The maximum absolute atomic E-state index is 12.5. The van der Waals surface area contributed by atoms with Gasteiger partial charge in [0.25, 0.3) is 6.23 Å². The summed E-state index contributed by atoms with van der Waals surface area (Å²) in [6.45, 7) is 8.82. The number of carboxylic acid groups (broad SMARTS) is 1. The van der Waals surface area contributed by atoms with Gasteiger partial charge in [0.1, 0.15) is 0 Å². The number of nitrogens with one attached hydrogen (secondary N) is 1. The number of hydrogen-bond acceptors (Lipinski definition) is 4. The zero-order valence-electron chi connectivity index (χ0n) is 19.8. The van der Waals surface area contributed by atoms with Crippen LogP contribution < -0.4 is 19.3 Å². The first-order chi connectivity index (χ1) is 15.9. The number of rotatable bonds is 8. The Kier molecular flexibility index (Phi) is 6.47. The van der Waals surface area contributed by atoms with Crippen LogP contribution in [0.2, 0.25) is 0 Å². The van der Waals surface area contributed by atoms with Crippen molar-refractivity contribution >= 4 is 17.3 Å². The first-order valence-corrected chi connectivity index (χ1v) is 11.7. The van der Waals surface area contributed by atoms with Crippen LogP contribution in [0.5, 0.6) is 11.5 Å². The van der Waals surface area contributed by atoms with Crippen molar-refractivity contribution in [1.82, 2.24) is 4.48 Å². The second-order valence-corrected chi connectivity index (χ2v) is 8.87. The van der Waals surface area contributed by atoms with Gasteiger partial charge in [0.15, 0.2) is 29.1 Å². The lowest BCUT2D eigenvalue weighted by molar-refractivity contribution is -0.145. The molecule has 0 bridgehead atoms. The molecular weight excluding hydrogens is 416 g/mol. The van der Waals surface area contributed by atoms with Crippen molar-refractivity contribution in [3.05, 3.63) is 71.6 Å². The van der Waals surface area contributed by atoms with E-state index < -0.39 is 18.2 Å². The fraction of sp³-hybridized carbons (Fsp3) is 0.370. The lowest BCUT2D eigenvalue weighted by Gasteiger charge is -2.40. The molecule has 2 aromatic rings. The second-order valence-electron chi connectivity index (χ2n) is 8.87. The molecule has 2 aromatic carbocycles. The number of benzene rings is 2. The van der Waals surface area contributed by atoms with Gasteiger partial charge in [-0.05, 0) is 62.6 Å². The molecule has 4 rings (SSSR count). The molecule has 3 unspecified atom stereocenters. The van der Waals surface area contributed by atoms with Gasteiger partial charge in [-0.2, -0.15) is 0 Å². The highest BCUT2D eigenvalue weighted by molar-refractivity contribution is 5.79. The summed E-state index contributed by atoms with van der Waals surface area (Å²) in [6, 6.07) is 11.5. The average Bonchev–Trinajstić information content (AvgIpc) is 3.32. The van der Waals surface area contributed by atoms with Crippen molar-refractivity contribution < 1.29 is 19.4 Å². The molecule has 3 atom stereocenters. The summed E-state index contributed by atoms with van der Waals surface area (Å²) in [4.78, 5) is 12.5. The second kappa shape index (κ2) is 9.32. The SMILES string of the molecule is CCCCC(C(=O)O)[N+]1(CC)c2cc(C)ccc2OC1C=CC=C1Nc2cc(C)ccc2O1. The highest BCUT2D eigenvalue weighted by Crippen LogP contribution is 2.47. The number of anilines is 1. The number of carbonyl (C=O) groups is 1. The summed E-state index contributed by atoms with van der Waals surface area (Å²) >= 11 is 0. The Bertz CT molecular complexity index is 1110. The Morgan fingerprint density at radius 2 is 1.88 bits per heavy atom. The van der Waals surface area contributed by atoms with Crippen molar-refractivity contribution in [3.63, 3.8) is 0 Å². The van der Waals surface area contributed by atoms with Crippen LogP contribution in [0.3, 0.4) is 0 Å². The van der Waals surface area contributed by atoms with Crippen LogP contribution in [0, 0.1) is 13.8 Å². The zero-order chi connectivity index (χ0) is 23.6. The molecule has 2 heterocycles. The molecule has 0 aromatic heterocycles. The summed E-state index contributed by atoms with van der Waals surface area (Å²) in [5, 5.41) is 13.5. The average molecular weight is 450 g/mol. The first-order valence-electron chi connectivity index (χ1n) is 11.7. The molecule has 0 saturated carbocycles. The Morgan fingerprint density at radius 1 is 1.15 bits per heavy atom. The normalized spacial score (nSPS) is 23.0. The lowest BCUT2D eigenvalue weighted by Crippen LogP contribution is -2.64. The molecule has 0 saturated heterocycles. The minimum absolute atomic E-state index is 0.250. The number of hydrogen-bond donors (Lipinski definition) is 2. The minimum Gasteiger partial charge on any atom is -0.477 e. The predicted octanol–water partition coefficient (Wildman–Crippen LogP) is 5.89. The van der Waals surface area contributed by atoms with Gasteiger partial charge < -0.3 is 19.9 Å². The van der Waals surface area contributed by atoms with Gasteiger partial charge in [-0.1, -0.05) is 31.6 Å². The Balaban J connectivity index is 1.67. The number of aryl methyl sites for hydroxylation is 2. The Morgan fingerprint density at radius 3 is 2.58 bits per heavy atom. The van der Waals surface area contributed by atoms with Crippen molar-refractivity contribution in [2.75, 3.05) is 11.9 Å². The number of aliphatic carboxylic acids is 1. The fourth-order valence-corrected chi connectivity index (χ4v) is 4.89. The van der Waals surface area contributed by atoms with Crippen molar-refractivity contribution in [2.45, 2.75) is 59.2 Å². The molecule has 0 amide bonds. The van der Waals surface area contributed by atoms with Gasteiger partial charge >= 0.3 is 5.97 Å². The van der Waals surface area contributed by atoms with E-state index in [1.54, 1.807) is 0 Å². The number of unbranched alkanes of at least 4 members (excludes halogenated alkanes) is 1. The molecule has 0 spiro atoms. The third-order valence-electron chi connectivity index (χ3n) is 6.60. The standard InChI is InChI=1S/C27H32N2O4/c1-5-7-9-21(27(30)31)29(6-2)22-17-19(4)13-15-24(22)33-26(29)11-8-10-25-28-20-16-18(3)12-14-23(20)32-25/h8,10-17,21,26,28H,5-7,9H2,1-4H3/p+1. The number of ether oxygens (including phenoxy) is 2. The molecule has 2 aliphatic heterocycles. The molecule has 0 aliphatic carbocycles. The number of fused-ring (bicyclic) bond motifs is 2. The molecule has 2 aliphatic rings. The summed E-state index contributed by atoms with van der Waals surface area (Å²) in [7, 11) is 0. The largest absolute Gasteiger partial charge is 0.477 e. The highest BCUT2D eigenvalue weighted by Gasteiger charge is 2.54. The maximum Gasteiger partial charge on any atom is 0.363 e. The van der Waals surface area contributed by atoms with Crippen LogP contribution in [-0.4, -0.2) is 29.9 Å². The summed E-state index contributed by atoms with van der Waals surface area (Å²) in [5.74, 6) is 1.40. The van der Waals surface area contributed by atoms with Gasteiger partial charge in [0.05, 0.1) is 12.2 Å². The van der Waals surface area contributed by atoms with E-state index in [-0.39, 0.29) is 4.48 Å². The van der Waals surface area contributed by atoms with Gasteiger partial charge in [-0.25, -0.2) is 9.28 Å². The number of carboxylic acids is 1. The Labute approximate surface area is 195 Å². The molecular formula is C27H33N2O4+. The van der Waals surface area contributed by atoms with E-state index in [1.165, 1.54) is 0 Å². The van der Waals surface area contributed by atoms with Crippen LogP contribution in [0.25, 0.3) is 0 Å². The van der Waals surface area contributed by atoms with Crippen molar-refractivity contribution in [3.8, 4) is 11.5 Å². The first kappa shape index (κ1) is 22.9. The number of quaternary nitrogens is 1. The van der Waals surface area contributed by atoms with E-state index in [0.717, 1.165) is 46.8 Å². The Hall–Kier alpha value is -3.25. The minimum atomic E-state index is -0.786. The molecule has 0 radical (unpaired) electrons. The van der Waals surface area contributed by atoms with Crippen LogP contribution in [0.1, 0.15) is 44.2 Å². The number of allylic oxidation sites excluding steroid dienone is 2. The predicted molar refractivity (Wildman–Crippen MR) is 132 cm³/mol. The van der Waals surface area contributed by atoms with Gasteiger partial charge in [-0.3, -0.25) is 0 Å². The maximum atomic E-state index is 12.5. The van der Waals surface area contributed by atoms with E-state index in [2.05, 4.69) is 18.3 Å². The van der Waals surface area contributed by atoms with E-state index in [1.807, 2.05) is 69.3 Å². The van der Waals surface area contributed by atoms with Gasteiger partial charge in [-0.15, -0.1) is 0 Å². The fourth-order valence-electron chi connectivity index (χ4n) is 4.89.